The van der Waals surface area contributed by atoms with Crippen molar-refractivity contribution >= 4 is 15.9 Å². The van der Waals surface area contributed by atoms with Gasteiger partial charge in [-0.05, 0) is 6.92 Å². The van der Waals surface area contributed by atoms with Crippen LogP contribution in [0.3, 0.4) is 0 Å². The topological polar surface area (TPSA) is 9.23 Å². The van der Waals surface area contributed by atoms with Crippen molar-refractivity contribution in [3.8, 4) is 0 Å². The van der Waals surface area contributed by atoms with E-state index < -0.39 is 0 Å². The van der Waals surface area contributed by atoms with Crippen molar-refractivity contribution in [2.45, 2.75) is 6.92 Å². The molecule has 0 saturated heterocycles. The molecule has 0 heterocycles. The average Bonchev–Trinajstić information content (AvgIpc) is 1.65. The van der Waals surface area contributed by atoms with Gasteiger partial charge in [0.1, 0.15) is 0 Å². The molecule has 0 aromatic heterocycles. The van der Waals surface area contributed by atoms with Crippen LogP contribution in [0.15, 0.2) is 10.7 Å². The molecule has 0 aromatic carbocycles. The Hall–Kier alpha value is 0.0200. The summed E-state index contributed by atoms with van der Waals surface area (Å²) in [5.41, 5.74) is 0. The van der Waals surface area contributed by atoms with Gasteiger partial charge in [0, 0.05) is 4.99 Å². The smallest absolute Gasteiger partial charge is 0.0993 e. The summed E-state index contributed by atoms with van der Waals surface area (Å²) < 4.78 is 4.71. The van der Waals surface area contributed by atoms with Crippen LogP contribution in [0, 0.1) is 0 Å². The van der Waals surface area contributed by atoms with Crippen LogP contribution in [0.4, 0.5) is 0 Å². The number of methoxy groups -OCH3 is 1. The minimum absolute atomic E-state index is 0.884. The Morgan fingerprint density at radius 1 is 1.83 bits per heavy atom. The number of ether oxygens (including phenoxy) is 1. The minimum Gasteiger partial charge on any atom is -0.501 e. The molecule has 0 aliphatic rings. The first-order chi connectivity index (χ1) is 2.81. The van der Waals surface area contributed by atoms with Crippen LogP contribution < -0.4 is 0 Å². The molecule has 0 aromatic rings. The summed E-state index contributed by atoms with van der Waals surface area (Å²) in [6.45, 7) is 1.87. The zero-order valence-electron chi connectivity index (χ0n) is 3.86. The van der Waals surface area contributed by atoms with E-state index in [-0.39, 0.29) is 0 Å². The van der Waals surface area contributed by atoms with E-state index in [0.717, 1.165) is 5.76 Å². The van der Waals surface area contributed by atoms with Crippen LogP contribution in [-0.4, -0.2) is 7.11 Å². The summed E-state index contributed by atoms with van der Waals surface area (Å²) in [6.07, 6.45) is 0. The van der Waals surface area contributed by atoms with Gasteiger partial charge in [-0.25, -0.2) is 0 Å². The molecule has 0 spiro atoms. The molecule has 0 saturated carbocycles. The first-order valence-electron chi connectivity index (χ1n) is 1.62. The van der Waals surface area contributed by atoms with Gasteiger partial charge in [0.2, 0.25) is 0 Å². The van der Waals surface area contributed by atoms with Gasteiger partial charge in [0.15, 0.2) is 0 Å². The van der Waals surface area contributed by atoms with Crippen LogP contribution in [0.25, 0.3) is 0 Å². The highest BCUT2D eigenvalue weighted by Crippen LogP contribution is 1.94. The van der Waals surface area contributed by atoms with Crippen molar-refractivity contribution in [2.75, 3.05) is 7.11 Å². The van der Waals surface area contributed by atoms with Crippen molar-refractivity contribution < 1.29 is 4.74 Å². The second-order valence-electron chi connectivity index (χ2n) is 0.924. The zero-order chi connectivity index (χ0) is 4.99. The number of hydrogen-bond acceptors (Lipinski definition) is 1. The number of hydrogen-bond donors (Lipinski definition) is 0. The molecule has 6 heavy (non-hydrogen) atoms. The number of rotatable bonds is 1. The van der Waals surface area contributed by atoms with Gasteiger partial charge < -0.3 is 4.74 Å². The molecular weight excluding hydrogens is 144 g/mol. The van der Waals surface area contributed by atoms with E-state index in [9.17, 15) is 0 Å². The van der Waals surface area contributed by atoms with Gasteiger partial charge in [0.05, 0.1) is 12.9 Å². The molecule has 0 bridgehead atoms. The molecule has 1 nitrogen and oxygen atoms in total. The minimum atomic E-state index is 0.884. The largest absolute Gasteiger partial charge is 0.501 e. The van der Waals surface area contributed by atoms with Gasteiger partial charge in [-0.1, -0.05) is 15.9 Å². The first-order valence-corrected chi connectivity index (χ1v) is 2.53. The Labute approximate surface area is 46.1 Å². The fourth-order valence-electron chi connectivity index (χ4n) is 0.0445. The molecule has 0 rings (SSSR count). The molecule has 0 amide bonds. The van der Waals surface area contributed by atoms with E-state index in [2.05, 4.69) is 15.9 Å². The molecule has 0 atom stereocenters. The summed E-state index contributed by atoms with van der Waals surface area (Å²) in [6, 6.07) is 0. The highest BCUT2D eigenvalue weighted by atomic mass is 79.9. The molecule has 2 heteroatoms. The monoisotopic (exact) mass is 150 g/mol. The van der Waals surface area contributed by atoms with Crippen molar-refractivity contribution in [2.24, 2.45) is 0 Å². The lowest BCUT2D eigenvalue weighted by molar-refractivity contribution is 0.295. The van der Waals surface area contributed by atoms with E-state index in [1.807, 2.05) is 6.92 Å². The van der Waals surface area contributed by atoms with Gasteiger partial charge in [-0.15, -0.1) is 0 Å². The summed E-state index contributed by atoms with van der Waals surface area (Å²) in [5.74, 6) is 0.884. The third kappa shape index (κ3) is 2.27. The van der Waals surface area contributed by atoms with Gasteiger partial charge >= 0.3 is 0 Å². The van der Waals surface area contributed by atoms with E-state index in [4.69, 9.17) is 4.74 Å². The van der Waals surface area contributed by atoms with Gasteiger partial charge in [-0.2, -0.15) is 0 Å². The molecule has 0 radical (unpaired) electrons. The summed E-state index contributed by atoms with van der Waals surface area (Å²) in [7, 11) is 1.63. The molecule has 0 aliphatic heterocycles. The Kier molecular flexibility index (Phi) is 3.23. The predicted molar refractivity (Wildman–Crippen MR) is 29.7 cm³/mol. The Bertz CT molecular complexity index is 58.6. The highest BCUT2D eigenvalue weighted by Gasteiger charge is 1.73. The van der Waals surface area contributed by atoms with Gasteiger partial charge in [0.25, 0.3) is 0 Å². The molecule has 0 fully saturated rings. The maximum absolute atomic E-state index is 4.71. The molecule has 0 unspecified atom stereocenters. The summed E-state index contributed by atoms with van der Waals surface area (Å²) in [4.78, 5) is 1.73. The molecule has 36 valence electrons. The average molecular weight is 151 g/mol. The number of halogens is 1. The molecule has 0 aliphatic carbocycles. The fraction of sp³-hybridized carbons (Fsp3) is 0.500. The predicted octanol–water partition coefficient (Wildman–Crippen LogP) is 1.89. The third-order valence-electron chi connectivity index (χ3n) is 0.476. The zero-order valence-corrected chi connectivity index (χ0v) is 5.45. The Morgan fingerprint density at radius 3 is 2.33 bits per heavy atom. The lowest BCUT2D eigenvalue weighted by Crippen LogP contribution is -1.72. The van der Waals surface area contributed by atoms with Crippen LogP contribution in [0.1, 0.15) is 6.92 Å². The summed E-state index contributed by atoms with van der Waals surface area (Å²) in [5, 5.41) is 0. The van der Waals surface area contributed by atoms with Crippen molar-refractivity contribution in [3.05, 3.63) is 10.7 Å². The van der Waals surface area contributed by atoms with E-state index in [0.29, 0.717) is 0 Å². The first kappa shape index (κ1) is 6.02. The molecular formula is C4H7BrO. The third-order valence-corrected chi connectivity index (χ3v) is 1.12. The Morgan fingerprint density at radius 2 is 2.33 bits per heavy atom. The second-order valence-corrected chi connectivity index (χ2v) is 1.38. The van der Waals surface area contributed by atoms with Crippen LogP contribution in [0.2, 0.25) is 0 Å². The van der Waals surface area contributed by atoms with Gasteiger partial charge in [-0.3, -0.25) is 0 Å². The maximum Gasteiger partial charge on any atom is 0.0993 e. The van der Waals surface area contributed by atoms with E-state index >= 15 is 0 Å². The lowest BCUT2D eigenvalue weighted by Gasteiger charge is -1.90. The Balaban J connectivity index is 3.22. The quantitative estimate of drug-likeness (QED) is 0.520. The maximum atomic E-state index is 4.71. The fourth-order valence-corrected chi connectivity index (χ4v) is 0.231. The van der Waals surface area contributed by atoms with E-state index in [1.54, 1.807) is 12.1 Å². The van der Waals surface area contributed by atoms with Crippen LogP contribution >= 0.6 is 15.9 Å². The van der Waals surface area contributed by atoms with Crippen molar-refractivity contribution in [1.29, 1.82) is 0 Å². The SMILES string of the molecule is CO/C(C)=C\Br. The normalized spacial score (nSPS) is 11.5. The van der Waals surface area contributed by atoms with Crippen LogP contribution in [-0.2, 0) is 4.74 Å². The van der Waals surface area contributed by atoms with Crippen LogP contribution in [0.5, 0.6) is 0 Å². The highest BCUT2D eigenvalue weighted by molar-refractivity contribution is 9.11. The standard InChI is InChI=1S/C4H7BrO/c1-4(3-5)6-2/h3H,1-2H3/b4-3-. The lowest BCUT2D eigenvalue weighted by atomic mass is 10.7. The number of allylic oxidation sites excluding steroid dienone is 1. The van der Waals surface area contributed by atoms with Crippen molar-refractivity contribution in [3.63, 3.8) is 0 Å². The summed E-state index contributed by atoms with van der Waals surface area (Å²) >= 11 is 3.09. The van der Waals surface area contributed by atoms with E-state index in [1.165, 1.54) is 0 Å². The second kappa shape index (κ2) is 3.22. The van der Waals surface area contributed by atoms with Crippen molar-refractivity contribution in [1.82, 2.24) is 0 Å². The molecule has 0 N–H and O–H groups in total.